The van der Waals surface area contributed by atoms with Crippen LogP contribution in [0.5, 0.6) is 11.5 Å². The fourth-order valence-corrected chi connectivity index (χ4v) is 2.43. The van der Waals surface area contributed by atoms with Crippen molar-refractivity contribution in [1.29, 1.82) is 5.26 Å². The lowest BCUT2D eigenvalue weighted by molar-refractivity contribution is 0.434. The Hall–Kier alpha value is -2.06. The van der Waals surface area contributed by atoms with Gasteiger partial charge in [-0.3, -0.25) is 0 Å². The predicted octanol–water partition coefficient (Wildman–Crippen LogP) is 4.74. The summed E-state index contributed by atoms with van der Waals surface area (Å²) in [6, 6.07) is 10.1. The Kier molecular flexibility index (Phi) is 4.59. The van der Waals surface area contributed by atoms with Crippen LogP contribution in [0.25, 0.3) is 0 Å². The predicted molar refractivity (Wildman–Crippen MR) is 74.0 cm³/mol. The van der Waals surface area contributed by atoms with Crippen molar-refractivity contribution in [2.24, 2.45) is 0 Å². The van der Waals surface area contributed by atoms with Crippen molar-refractivity contribution in [3.63, 3.8) is 0 Å². The molecule has 2 aromatic rings. The summed E-state index contributed by atoms with van der Waals surface area (Å²) in [5.74, 6) is -0.495. The van der Waals surface area contributed by atoms with Crippen LogP contribution in [0.15, 0.2) is 41.3 Å². The van der Waals surface area contributed by atoms with E-state index >= 15 is 0 Å². The minimum atomic E-state index is -0.677. The van der Waals surface area contributed by atoms with Crippen LogP contribution in [0.2, 0.25) is 0 Å². The topological polar surface area (TPSA) is 33.0 Å². The molecule has 0 amide bonds. The SMILES string of the molecule is CCSc1cccc(Oc2cc(F)ccc2F)c1C#N. The van der Waals surface area contributed by atoms with E-state index in [4.69, 9.17) is 4.74 Å². The van der Waals surface area contributed by atoms with Crippen molar-refractivity contribution in [1.82, 2.24) is 0 Å². The van der Waals surface area contributed by atoms with Crippen molar-refractivity contribution in [3.8, 4) is 17.6 Å². The van der Waals surface area contributed by atoms with Gasteiger partial charge in [0.1, 0.15) is 23.2 Å². The van der Waals surface area contributed by atoms with Gasteiger partial charge in [0.2, 0.25) is 0 Å². The molecule has 0 aliphatic heterocycles. The van der Waals surface area contributed by atoms with E-state index in [1.807, 2.05) is 13.0 Å². The first kappa shape index (κ1) is 14.4. The molecule has 0 saturated carbocycles. The number of nitrogens with zero attached hydrogens (tertiary/aromatic N) is 1. The number of ether oxygens (including phenoxy) is 1. The second-order valence-corrected chi connectivity index (χ2v) is 5.16. The molecule has 0 aliphatic rings. The zero-order valence-corrected chi connectivity index (χ0v) is 11.5. The minimum absolute atomic E-state index is 0.218. The van der Waals surface area contributed by atoms with Crippen LogP contribution in [-0.2, 0) is 0 Å². The van der Waals surface area contributed by atoms with Crippen molar-refractivity contribution < 1.29 is 13.5 Å². The summed E-state index contributed by atoms with van der Waals surface area (Å²) in [4.78, 5) is 0.754. The van der Waals surface area contributed by atoms with Crippen LogP contribution < -0.4 is 4.74 Å². The largest absolute Gasteiger partial charge is 0.453 e. The first-order valence-electron chi connectivity index (χ1n) is 5.94. The van der Waals surface area contributed by atoms with Crippen molar-refractivity contribution in [3.05, 3.63) is 53.6 Å². The van der Waals surface area contributed by atoms with Gasteiger partial charge >= 0.3 is 0 Å². The van der Waals surface area contributed by atoms with Crippen LogP contribution in [0.3, 0.4) is 0 Å². The lowest BCUT2D eigenvalue weighted by Crippen LogP contribution is -1.93. The smallest absolute Gasteiger partial charge is 0.166 e. The highest BCUT2D eigenvalue weighted by Gasteiger charge is 2.13. The van der Waals surface area contributed by atoms with Gasteiger partial charge in [0.15, 0.2) is 11.6 Å². The highest BCUT2D eigenvalue weighted by Crippen LogP contribution is 2.33. The van der Waals surface area contributed by atoms with Gasteiger partial charge in [0.05, 0.1) is 0 Å². The van der Waals surface area contributed by atoms with E-state index in [2.05, 4.69) is 0 Å². The van der Waals surface area contributed by atoms with Crippen LogP contribution in [0.1, 0.15) is 12.5 Å². The summed E-state index contributed by atoms with van der Waals surface area (Å²) >= 11 is 1.49. The van der Waals surface area contributed by atoms with E-state index in [0.29, 0.717) is 5.56 Å². The van der Waals surface area contributed by atoms with E-state index in [-0.39, 0.29) is 11.5 Å². The number of hydrogen-bond acceptors (Lipinski definition) is 3. The molecule has 0 atom stereocenters. The number of nitriles is 1. The average Bonchev–Trinajstić information content (AvgIpc) is 2.43. The van der Waals surface area contributed by atoms with E-state index < -0.39 is 11.6 Å². The quantitative estimate of drug-likeness (QED) is 0.763. The fraction of sp³-hybridized carbons (Fsp3) is 0.133. The Bertz CT molecular complexity index is 667. The van der Waals surface area contributed by atoms with Crippen molar-refractivity contribution in [2.45, 2.75) is 11.8 Å². The number of halogens is 2. The minimum Gasteiger partial charge on any atom is -0.453 e. The molecule has 0 radical (unpaired) electrons. The normalized spacial score (nSPS) is 10.1. The molecule has 0 saturated heterocycles. The molecule has 0 fully saturated rings. The maximum atomic E-state index is 13.6. The molecular weight excluding hydrogens is 280 g/mol. The zero-order chi connectivity index (χ0) is 14.5. The third kappa shape index (κ3) is 3.09. The number of benzene rings is 2. The molecule has 0 spiro atoms. The molecule has 0 aliphatic carbocycles. The summed E-state index contributed by atoms with van der Waals surface area (Å²) < 4.78 is 32.0. The lowest BCUT2D eigenvalue weighted by atomic mass is 10.2. The maximum Gasteiger partial charge on any atom is 0.166 e. The van der Waals surface area contributed by atoms with Gasteiger partial charge < -0.3 is 4.74 Å². The number of rotatable bonds is 4. The van der Waals surface area contributed by atoms with Crippen molar-refractivity contribution in [2.75, 3.05) is 5.75 Å². The first-order chi connectivity index (χ1) is 9.65. The van der Waals surface area contributed by atoms with Crippen LogP contribution >= 0.6 is 11.8 Å². The standard InChI is InChI=1S/C15H11F2NOS/c1-2-20-15-5-3-4-13(11(15)9-18)19-14-8-10(16)6-7-12(14)17/h3-8H,2H2,1H3. The summed E-state index contributed by atoms with van der Waals surface area (Å²) in [5, 5.41) is 9.22. The van der Waals surface area contributed by atoms with E-state index in [1.54, 1.807) is 18.2 Å². The van der Waals surface area contributed by atoms with E-state index in [9.17, 15) is 14.0 Å². The summed E-state index contributed by atoms with van der Waals surface area (Å²) in [6.07, 6.45) is 0. The Balaban J connectivity index is 2.41. The Morgan fingerprint density at radius 3 is 2.70 bits per heavy atom. The Morgan fingerprint density at radius 2 is 2.00 bits per heavy atom. The third-order valence-electron chi connectivity index (χ3n) is 2.51. The lowest BCUT2D eigenvalue weighted by Gasteiger charge is -2.10. The number of hydrogen-bond donors (Lipinski definition) is 0. The monoisotopic (exact) mass is 291 g/mol. The first-order valence-corrected chi connectivity index (χ1v) is 6.93. The van der Waals surface area contributed by atoms with E-state index in [1.165, 1.54) is 11.8 Å². The van der Waals surface area contributed by atoms with Crippen molar-refractivity contribution >= 4 is 11.8 Å². The molecule has 0 N–H and O–H groups in total. The highest BCUT2D eigenvalue weighted by atomic mass is 32.2. The second-order valence-electron chi connectivity index (χ2n) is 3.85. The van der Waals surface area contributed by atoms with Crippen LogP contribution in [0.4, 0.5) is 8.78 Å². The summed E-state index contributed by atoms with van der Waals surface area (Å²) in [6.45, 7) is 1.96. The highest BCUT2D eigenvalue weighted by molar-refractivity contribution is 7.99. The molecule has 0 bridgehead atoms. The van der Waals surface area contributed by atoms with Gasteiger partial charge in [0, 0.05) is 11.0 Å². The Labute approximate surface area is 120 Å². The second kappa shape index (κ2) is 6.40. The fourth-order valence-electron chi connectivity index (χ4n) is 1.66. The molecule has 20 heavy (non-hydrogen) atoms. The summed E-state index contributed by atoms with van der Waals surface area (Å²) in [5.41, 5.74) is 0.322. The van der Waals surface area contributed by atoms with Gasteiger partial charge in [-0.05, 0) is 30.0 Å². The van der Waals surface area contributed by atoms with Crippen LogP contribution in [0, 0.1) is 23.0 Å². The molecule has 0 heterocycles. The van der Waals surface area contributed by atoms with Gasteiger partial charge in [0.25, 0.3) is 0 Å². The van der Waals surface area contributed by atoms with Gasteiger partial charge in [-0.25, -0.2) is 8.78 Å². The molecule has 2 aromatic carbocycles. The van der Waals surface area contributed by atoms with E-state index in [0.717, 1.165) is 28.8 Å². The molecule has 2 nitrogen and oxygen atoms in total. The zero-order valence-electron chi connectivity index (χ0n) is 10.7. The third-order valence-corrected chi connectivity index (χ3v) is 3.45. The van der Waals surface area contributed by atoms with Crippen LogP contribution in [-0.4, -0.2) is 5.75 Å². The molecule has 2 rings (SSSR count). The van der Waals surface area contributed by atoms with Gasteiger partial charge in [-0.15, -0.1) is 11.8 Å². The number of thioether (sulfide) groups is 1. The molecule has 5 heteroatoms. The average molecular weight is 291 g/mol. The molecule has 102 valence electrons. The summed E-state index contributed by atoms with van der Waals surface area (Å²) in [7, 11) is 0. The Morgan fingerprint density at radius 1 is 1.20 bits per heavy atom. The van der Waals surface area contributed by atoms with Gasteiger partial charge in [-0.1, -0.05) is 13.0 Å². The van der Waals surface area contributed by atoms with Gasteiger partial charge in [-0.2, -0.15) is 5.26 Å². The maximum absolute atomic E-state index is 13.6. The molecular formula is C15H11F2NOS. The molecule has 0 unspecified atom stereocenters. The molecule has 0 aromatic heterocycles.